The fraction of sp³-hybridized carbons (Fsp3) is 0.333. The average molecular weight is 256 g/mol. The van der Waals surface area contributed by atoms with Crippen molar-refractivity contribution in [3.63, 3.8) is 0 Å². The number of anilines is 1. The molecule has 0 heterocycles. The lowest BCUT2D eigenvalue weighted by atomic mass is 10.2. The molecule has 1 aromatic rings. The maximum absolute atomic E-state index is 11.5. The molecule has 0 saturated carbocycles. The van der Waals surface area contributed by atoms with Crippen LogP contribution >= 0.6 is 11.6 Å². The van der Waals surface area contributed by atoms with Crippen LogP contribution in [0.2, 0.25) is 5.02 Å². The Bertz CT molecular complexity index is 432. The summed E-state index contributed by atoms with van der Waals surface area (Å²) in [4.78, 5) is 21.8. The monoisotopic (exact) mass is 255 g/mol. The summed E-state index contributed by atoms with van der Waals surface area (Å²) >= 11 is 5.91. The topological polar surface area (TPSA) is 66.4 Å². The Labute approximate surface area is 105 Å². The molecule has 92 valence electrons. The van der Waals surface area contributed by atoms with Crippen LogP contribution in [0.25, 0.3) is 0 Å². The van der Waals surface area contributed by atoms with Crippen molar-refractivity contribution in [1.82, 2.24) is 0 Å². The summed E-state index contributed by atoms with van der Waals surface area (Å²) in [5.74, 6) is -1.09. The van der Waals surface area contributed by atoms with Gasteiger partial charge in [0.2, 0.25) is 5.91 Å². The van der Waals surface area contributed by atoms with Crippen LogP contribution < -0.4 is 5.32 Å². The number of hydrogen-bond donors (Lipinski definition) is 2. The van der Waals surface area contributed by atoms with Crippen molar-refractivity contribution >= 4 is 29.2 Å². The molecule has 1 aromatic carbocycles. The molecule has 0 aromatic heterocycles. The van der Waals surface area contributed by atoms with Gasteiger partial charge in [0.15, 0.2) is 0 Å². The zero-order chi connectivity index (χ0) is 12.8. The highest BCUT2D eigenvalue weighted by molar-refractivity contribution is 6.31. The largest absolute Gasteiger partial charge is 0.481 e. The van der Waals surface area contributed by atoms with E-state index in [1.54, 1.807) is 18.2 Å². The van der Waals surface area contributed by atoms with Gasteiger partial charge in [0.1, 0.15) is 0 Å². The second-order valence-electron chi connectivity index (χ2n) is 3.71. The van der Waals surface area contributed by atoms with E-state index in [-0.39, 0.29) is 18.7 Å². The van der Waals surface area contributed by atoms with Gasteiger partial charge in [-0.25, -0.2) is 0 Å². The highest BCUT2D eigenvalue weighted by Crippen LogP contribution is 2.23. The normalized spacial score (nSPS) is 10.0. The molecule has 0 saturated heterocycles. The molecule has 0 fully saturated rings. The molecular weight excluding hydrogens is 242 g/mol. The van der Waals surface area contributed by atoms with Crippen LogP contribution in [0.4, 0.5) is 5.69 Å². The second-order valence-corrected chi connectivity index (χ2v) is 4.12. The van der Waals surface area contributed by atoms with E-state index in [1.807, 2.05) is 6.92 Å². The number of carboxylic acid groups (broad SMARTS) is 1. The van der Waals surface area contributed by atoms with Gasteiger partial charge < -0.3 is 10.4 Å². The van der Waals surface area contributed by atoms with Crippen molar-refractivity contribution in [2.24, 2.45) is 0 Å². The number of halogens is 1. The third-order valence-corrected chi connectivity index (χ3v) is 2.75. The molecule has 0 spiro atoms. The molecule has 17 heavy (non-hydrogen) atoms. The van der Waals surface area contributed by atoms with E-state index >= 15 is 0 Å². The summed E-state index contributed by atoms with van der Waals surface area (Å²) in [6.45, 7) is 1.81. The number of amides is 1. The van der Waals surface area contributed by atoms with Gasteiger partial charge >= 0.3 is 5.97 Å². The van der Waals surface area contributed by atoms with Crippen molar-refractivity contribution in [2.75, 3.05) is 5.32 Å². The van der Waals surface area contributed by atoms with E-state index in [4.69, 9.17) is 16.7 Å². The molecule has 5 heteroatoms. The Morgan fingerprint density at radius 3 is 2.71 bits per heavy atom. The summed E-state index contributed by atoms with van der Waals surface area (Å²) in [7, 11) is 0. The number of hydrogen-bond acceptors (Lipinski definition) is 2. The number of carbonyl (C=O) groups excluding carboxylic acids is 1. The average Bonchev–Trinajstić information content (AvgIpc) is 2.24. The summed E-state index contributed by atoms with van der Waals surface area (Å²) in [5, 5.41) is 11.7. The second kappa shape index (κ2) is 6.25. The van der Waals surface area contributed by atoms with E-state index in [2.05, 4.69) is 5.32 Å². The number of aliphatic carboxylic acids is 1. The minimum atomic E-state index is -0.892. The van der Waals surface area contributed by atoms with Crippen LogP contribution in [-0.4, -0.2) is 17.0 Å². The first-order chi connectivity index (χ1) is 8.00. The van der Waals surface area contributed by atoms with Crippen LogP contribution in [-0.2, 0) is 9.59 Å². The van der Waals surface area contributed by atoms with E-state index in [0.29, 0.717) is 17.1 Å². The summed E-state index contributed by atoms with van der Waals surface area (Å²) in [6.07, 6.45) is 0.529. The quantitative estimate of drug-likeness (QED) is 0.850. The van der Waals surface area contributed by atoms with Crippen molar-refractivity contribution < 1.29 is 14.7 Å². The third kappa shape index (κ3) is 4.44. The van der Waals surface area contributed by atoms with Crippen molar-refractivity contribution in [3.05, 3.63) is 28.8 Å². The molecule has 1 amide bonds. The van der Waals surface area contributed by atoms with Gasteiger partial charge in [-0.05, 0) is 31.0 Å². The first-order valence-corrected chi connectivity index (χ1v) is 5.65. The van der Waals surface area contributed by atoms with Crippen LogP contribution in [0, 0.1) is 6.92 Å². The lowest BCUT2D eigenvalue weighted by Crippen LogP contribution is -2.12. The minimum absolute atomic E-state index is 0.00193. The zero-order valence-electron chi connectivity index (χ0n) is 9.50. The summed E-state index contributed by atoms with van der Waals surface area (Å²) in [6, 6.07) is 5.26. The molecule has 0 aliphatic heterocycles. The number of rotatable bonds is 5. The Morgan fingerprint density at radius 2 is 2.06 bits per heavy atom. The number of benzene rings is 1. The lowest BCUT2D eigenvalue weighted by molar-refractivity contribution is -0.137. The van der Waals surface area contributed by atoms with E-state index < -0.39 is 5.97 Å². The molecular formula is C12H14ClNO3. The maximum atomic E-state index is 11.5. The number of nitrogens with one attached hydrogen (secondary N) is 1. The SMILES string of the molecule is Cc1c(Cl)cccc1NC(=O)CCCC(=O)O. The third-order valence-electron chi connectivity index (χ3n) is 2.34. The van der Waals surface area contributed by atoms with Crippen LogP contribution in [0.1, 0.15) is 24.8 Å². The van der Waals surface area contributed by atoms with E-state index in [0.717, 1.165) is 5.56 Å². The highest BCUT2D eigenvalue weighted by atomic mass is 35.5. The van der Waals surface area contributed by atoms with Crippen molar-refractivity contribution in [3.8, 4) is 0 Å². The summed E-state index contributed by atoms with van der Waals surface area (Å²) in [5.41, 5.74) is 1.47. The first kappa shape index (κ1) is 13.5. The van der Waals surface area contributed by atoms with E-state index in [1.165, 1.54) is 0 Å². The standard InChI is InChI=1S/C12H14ClNO3/c1-8-9(13)4-2-5-10(8)14-11(15)6-3-7-12(16)17/h2,4-5H,3,6-7H2,1H3,(H,14,15)(H,16,17). The minimum Gasteiger partial charge on any atom is -0.481 e. The predicted molar refractivity (Wildman–Crippen MR) is 66.3 cm³/mol. The molecule has 0 atom stereocenters. The van der Waals surface area contributed by atoms with Crippen molar-refractivity contribution in [1.29, 1.82) is 0 Å². The molecule has 0 unspecified atom stereocenters. The van der Waals surface area contributed by atoms with Crippen LogP contribution in [0.15, 0.2) is 18.2 Å². The Kier molecular flexibility index (Phi) is 4.97. The molecule has 4 nitrogen and oxygen atoms in total. The molecule has 0 aliphatic rings. The lowest BCUT2D eigenvalue weighted by Gasteiger charge is -2.08. The summed E-state index contributed by atoms with van der Waals surface area (Å²) < 4.78 is 0. The first-order valence-electron chi connectivity index (χ1n) is 5.27. The smallest absolute Gasteiger partial charge is 0.303 e. The van der Waals surface area contributed by atoms with Gasteiger partial charge in [0, 0.05) is 23.6 Å². The molecule has 0 bridgehead atoms. The van der Waals surface area contributed by atoms with Crippen LogP contribution in [0.3, 0.4) is 0 Å². The van der Waals surface area contributed by atoms with Gasteiger partial charge in [-0.2, -0.15) is 0 Å². The van der Waals surface area contributed by atoms with Crippen molar-refractivity contribution in [2.45, 2.75) is 26.2 Å². The Balaban J connectivity index is 2.51. The Morgan fingerprint density at radius 1 is 1.35 bits per heavy atom. The van der Waals surface area contributed by atoms with Gasteiger partial charge in [0.25, 0.3) is 0 Å². The number of carbonyl (C=O) groups is 2. The van der Waals surface area contributed by atoms with E-state index in [9.17, 15) is 9.59 Å². The predicted octanol–water partition coefficient (Wildman–Crippen LogP) is 2.84. The van der Waals surface area contributed by atoms with Gasteiger partial charge in [0.05, 0.1) is 0 Å². The number of carboxylic acids is 1. The molecule has 0 aliphatic carbocycles. The molecule has 0 radical (unpaired) electrons. The molecule has 1 rings (SSSR count). The zero-order valence-corrected chi connectivity index (χ0v) is 10.3. The fourth-order valence-corrected chi connectivity index (χ4v) is 1.53. The van der Waals surface area contributed by atoms with Gasteiger partial charge in [-0.1, -0.05) is 17.7 Å². The highest BCUT2D eigenvalue weighted by Gasteiger charge is 2.07. The van der Waals surface area contributed by atoms with Crippen LogP contribution in [0.5, 0.6) is 0 Å². The maximum Gasteiger partial charge on any atom is 0.303 e. The van der Waals surface area contributed by atoms with Gasteiger partial charge in [-0.15, -0.1) is 0 Å². The molecule has 2 N–H and O–H groups in total. The van der Waals surface area contributed by atoms with Gasteiger partial charge in [-0.3, -0.25) is 9.59 Å². The fourth-order valence-electron chi connectivity index (χ4n) is 1.36. The Hall–Kier alpha value is -1.55.